The maximum absolute atomic E-state index is 13.7. The molecule has 3 rings (SSSR count). The van der Waals surface area contributed by atoms with Gasteiger partial charge < -0.3 is 10.1 Å². The highest BCUT2D eigenvalue weighted by atomic mass is 19.1. The lowest BCUT2D eigenvalue weighted by molar-refractivity contribution is 0.138. The van der Waals surface area contributed by atoms with E-state index in [0.29, 0.717) is 18.7 Å². The molecule has 0 aliphatic carbocycles. The fourth-order valence-electron chi connectivity index (χ4n) is 2.45. The number of carbonyl (C=O) groups excluding carboxylic acids is 1. The third-order valence-corrected chi connectivity index (χ3v) is 3.81. The molecule has 0 spiro atoms. The lowest BCUT2D eigenvalue weighted by Gasteiger charge is -2.05. The van der Waals surface area contributed by atoms with Crippen LogP contribution in [0, 0.1) is 11.6 Å². The van der Waals surface area contributed by atoms with Crippen molar-refractivity contribution in [1.29, 1.82) is 0 Å². The van der Waals surface area contributed by atoms with Crippen molar-refractivity contribution in [3.05, 3.63) is 83.2 Å². The molecule has 6 nitrogen and oxygen atoms in total. The van der Waals surface area contributed by atoms with Crippen molar-refractivity contribution in [2.45, 2.75) is 19.6 Å². The van der Waals surface area contributed by atoms with Crippen molar-refractivity contribution in [1.82, 2.24) is 20.3 Å². The number of benzene rings is 2. The maximum Gasteiger partial charge on any atom is 0.407 e. The standard InChI is InChI=1S/C19H18F2N4O2/c20-16-7-6-15(18(21)10-16)11-25-12-17(23-24-25)13-27-19(26)22-9-8-14-4-2-1-3-5-14/h1-7,10,12H,8-9,11,13H2,(H,22,26). The highest BCUT2D eigenvalue weighted by Gasteiger charge is 2.09. The summed E-state index contributed by atoms with van der Waals surface area (Å²) in [6.07, 6.45) is 1.69. The minimum Gasteiger partial charge on any atom is -0.443 e. The Labute approximate surface area is 154 Å². The van der Waals surface area contributed by atoms with Gasteiger partial charge in [0.2, 0.25) is 0 Å². The maximum atomic E-state index is 13.7. The molecule has 0 aliphatic rings. The largest absolute Gasteiger partial charge is 0.443 e. The summed E-state index contributed by atoms with van der Waals surface area (Å²) in [5.74, 6) is -1.29. The Balaban J connectivity index is 1.43. The zero-order valence-electron chi connectivity index (χ0n) is 14.4. The summed E-state index contributed by atoms with van der Waals surface area (Å²) in [6, 6.07) is 13.1. The van der Waals surface area contributed by atoms with Crippen molar-refractivity contribution in [3.8, 4) is 0 Å². The van der Waals surface area contributed by atoms with Crippen LogP contribution >= 0.6 is 0 Å². The molecule has 0 saturated carbocycles. The second-order valence-corrected chi connectivity index (χ2v) is 5.88. The first-order valence-electron chi connectivity index (χ1n) is 8.37. The van der Waals surface area contributed by atoms with Gasteiger partial charge >= 0.3 is 6.09 Å². The summed E-state index contributed by atoms with van der Waals surface area (Å²) in [7, 11) is 0. The van der Waals surface area contributed by atoms with Crippen molar-refractivity contribution in [2.75, 3.05) is 6.54 Å². The second-order valence-electron chi connectivity index (χ2n) is 5.88. The van der Waals surface area contributed by atoms with Crippen LogP contribution in [0.2, 0.25) is 0 Å². The van der Waals surface area contributed by atoms with E-state index in [1.165, 1.54) is 16.8 Å². The molecule has 0 aliphatic heterocycles. The number of hydrogen-bond donors (Lipinski definition) is 1. The molecule has 27 heavy (non-hydrogen) atoms. The quantitative estimate of drug-likeness (QED) is 0.692. The lowest BCUT2D eigenvalue weighted by Crippen LogP contribution is -2.26. The second kappa shape index (κ2) is 8.88. The van der Waals surface area contributed by atoms with Gasteiger partial charge in [0, 0.05) is 18.2 Å². The molecule has 0 radical (unpaired) electrons. The van der Waals surface area contributed by atoms with Gasteiger partial charge in [-0.05, 0) is 18.1 Å². The van der Waals surface area contributed by atoms with Gasteiger partial charge in [0.1, 0.15) is 23.9 Å². The van der Waals surface area contributed by atoms with Crippen LogP contribution in [0.5, 0.6) is 0 Å². The van der Waals surface area contributed by atoms with E-state index in [4.69, 9.17) is 4.74 Å². The molecule has 1 amide bonds. The van der Waals surface area contributed by atoms with Crippen molar-refractivity contribution in [3.63, 3.8) is 0 Å². The average molecular weight is 372 g/mol. The molecule has 3 aromatic rings. The van der Waals surface area contributed by atoms with Gasteiger partial charge in [0.25, 0.3) is 0 Å². The number of alkyl carbamates (subject to hydrolysis) is 1. The lowest BCUT2D eigenvalue weighted by atomic mass is 10.1. The third kappa shape index (κ3) is 5.60. The summed E-state index contributed by atoms with van der Waals surface area (Å²) in [4.78, 5) is 11.7. The molecular formula is C19H18F2N4O2. The van der Waals surface area contributed by atoms with Crippen LogP contribution in [0.15, 0.2) is 54.7 Å². The van der Waals surface area contributed by atoms with Crippen molar-refractivity contribution in [2.24, 2.45) is 0 Å². The summed E-state index contributed by atoms with van der Waals surface area (Å²) in [5.41, 5.74) is 1.83. The van der Waals surface area contributed by atoms with Gasteiger partial charge in [-0.25, -0.2) is 18.3 Å². The Morgan fingerprint density at radius 3 is 2.74 bits per heavy atom. The molecule has 0 fully saturated rings. The fraction of sp³-hybridized carbons (Fsp3) is 0.211. The van der Waals surface area contributed by atoms with E-state index >= 15 is 0 Å². The first-order valence-corrected chi connectivity index (χ1v) is 8.37. The van der Waals surface area contributed by atoms with Crippen LogP contribution in [0.25, 0.3) is 0 Å². The molecule has 1 N–H and O–H groups in total. The Bertz CT molecular complexity index is 900. The van der Waals surface area contributed by atoms with E-state index in [-0.39, 0.29) is 18.7 Å². The molecule has 8 heteroatoms. The van der Waals surface area contributed by atoms with Crippen LogP contribution in [0.1, 0.15) is 16.8 Å². The Hall–Kier alpha value is -3.29. The smallest absolute Gasteiger partial charge is 0.407 e. The number of rotatable bonds is 7. The summed E-state index contributed by atoms with van der Waals surface area (Å²) < 4.78 is 33.1. The van der Waals surface area contributed by atoms with E-state index in [9.17, 15) is 13.6 Å². The normalized spacial score (nSPS) is 10.6. The minimum atomic E-state index is -0.652. The Morgan fingerprint density at radius 2 is 1.96 bits per heavy atom. The van der Waals surface area contributed by atoms with Crippen LogP contribution in [-0.2, 0) is 24.3 Å². The highest BCUT2D eigenvalue weighted by Crippen LogP contribution is 2.11. The number of carbonyl (C=O) groups is 1. The molecule has 1 aromatic heterocycles. The Morgan fingerprint density at radius 1 is 1.15 bits per heavy atom. The first-order chi connectivity index (χ1) is 13.1. The number of hydrogen-bond acceptors (Lipinski definition) is 4. The van der Waals surface area contributed by atoms with Crippen molar-refractivity contribution >= 4 is 6.09 Å². The van der Waals surface area contributed by atoms with Gasteiger partial charge in [-0.1, -0.05) is 41.6 Å². The summed E-state index contributed by atoms with van der Waals surface area (Å²) >= 11 is 0. The Kier molecular flexibility index (Phi) is 6.09. The van der Waals surface area contributed by atoms with E-state index < -0.39 is 17.7 Å². The molecule has 140 valence electrons. The zero-order valence-corrected chi connectivity index (χ0v) is 14.4. The number of ether oxygens (including phenoxy) is 1. The fourth-order valence-corrected chi connectivity index (χ4v) is 2.45. The van der Waals surface area contributed by atoms with Crippen LogP contribution in [0.4, 0.5) is 13.6 Å². The number of aromatic nitrogens is 3. The SMILES string of the molecule is O=C(NCCc1ccccc1)OCc1cn(Cc2ccc(F)cc2F)nn1. The zero-order chi connectivity index (χ0) is 19.1. The monoisotopic (exact) mass is 372 g/mol. The van der Waals surface area contributed by atoms with E-state index in [1.54, 1.807) is 6.20 Å². The van der Waals surface area contributed by atoms with Crippen LogP contribution in [0.3, 0.4) is 0 Å². The van der Waals surface area contributed by atoms with Gasteiger partial charge in [0.05, 0.1) is 12.7 Å². The molecule has 0 bridgehead atoms. The predicted molar refractivity (Wildman–Crippen MR) is 93.8 cm³/mol. The highest BCUT2D eigenvalue weighted by molar-refractivity contribution is 5.67. The molecule has 2 aromatic carbocycles. The third-order valence-electron chi connectivity index (χ3n) is 3.81. The van der Waals surface area contributed by atoms with Crippen molar-refractivity contribution < 1.29 is 18.3 Å². The van der Waals surface area contributed by atoms with E-state index in [0.717, 1.165) is 11.6 Å². The van der Waals surface area contributed by atoms with E-state index in [2.05, 4.69) is 15.6 Å². The number of amides is 1. The summed E-state index contributed by atoms with van der Waals surface area (Å²) in [6.45, 7) is 0.505. The van der Waals surface area contributed by atoms with Crippen LogP contribution < -0.4 is 5.32 Å². The number of halogens is 2. The van der Waals surface area contributed by atoms with E-state index in [1.807, 2.05) is 30.3 Å². The molecule has 0 atom stereocenters. The summed E-state index contributed by atoms with van der Waals surface area (Å²) in [5, 5.41) is 10.4. The predicted octanol–water partition coefficient (Wildman–Crippen LogP) is 3.07. The number of nitrogens with one attached hydrogen (secondary N) is 1. The van der Waals surface area contributed by atoms with Gasteiger partial charge in [-0.3, -0.25) is 0 Å². The van der Waals surface area contributed by atoms with Gasteiger partial charge in [0.15, 0.2) is 0 Å². The molecule has 1 heterocycles. The molecule has 0 unspecified atom stereocenters. The molecule has 0 saturated heterocycles. The number of nitrogens with zero attached hydrogens (tertiary/aromatic N) is 3. The molecular weight excluding hydrogens is 354 g/mol. The van der Waals surface area contributed by atoms with Gasteiger partial charge in [-0.2, -0.15) is 0 Å². The first kappa shape index (κ1) is 18.5. The van der Waals surface area contributed by atoms with Gasteiger partial charge in [-0.15, -0.1) is 5.10 Å². The average Bonchev–Trinajstić information content (AvgIpc) is 3.11. The van der Waals surface area contributed by atoms with Crippen LogP contribution in [-0.4, -0.2) is 27.6 Å². The minimum absolute atomic E-state index is 0.0525. The topological polar surface area (TPSA) is 69.0 Å².